The number of nitrogens with zero attached hydrogens (tertiary/aromatic N) is 1. The zero-order valence-electron chi connectivity index (χ0n) is 17.1. The summed E-state index contributed by atoms with van der Waals surface area (Å²) < 4.78 is 25.8. The van der Waals surface area contributed by atoms with Crippen molar-refractivity contribution in [2.24, 2.45) is 17.8 Å². The highest BCUT2D eigenvalue weighted by Gasteiger charge is 2.51. The Balaban J connectivity index is 1.57. The minimum Gasteiger partial charge on any atom is -0.352 e. The average molecular weight is 405 g/mol. The van der Waals surface area contributed by atoms with Gasteiger partial charge >= 0.3 is 0 Å². The van der Waals surface area contributed by atoms with E-state index < -0.39 is 10.0 Å². The molecular formula is C22H32N2O3S. The summed E-state index contributed by atoms with van der Waals surface area (Å²) in [4.78, 5) is 12.2. The fourth-order valence-electron chi connectivity index (χ4n) is 6.34. The molecule has 4 bridgehead atoms. The number of carbonyl (C=O) groups is 1. The molecule has 0 unspecified atom stereocenters. The summed E-state index contributed by atoms with van der Waals surface area (Å²) in [5, 5.41) is 2.77. The first kappa shape index (κ1) is 19.7. The van der Waals surface area contributed by atoms with Gasteiger partial charge in [0, 0.05) is 6.04 Å². The third-order valence-electron chi connectivity index (χ3n) is 6.94. The van der Waals surface area contributed by atoms with Gasteiger partial charge in [0.2, 0.25) is 15.9 Å². The highest BCUT2D eigenvalue weighted by Crippen LogP contribution is 2.60. The molecule has 4 fully saturated rings. The molecular weight excluding hydrogens is 372 g/mol. The van der Waals surface area contributed by atoms with E-state index in [0.29, 0.717) is 5.69 Å². The van der Waals surface area contributed by atoms with Crippen LogP contribution in [0, 0.1) is 17.8 Å². The molecule has 0 aliphatic heterocycles. The molecule has 6 heteroatoms. The zero-order chi connectivity index (χ0) is 20.1. The van der Waals surface area contributed by atoms with E-state index in [4.69, 9.17) is 0 Å². The summed E-state index contributed by atoms with van der Waals surface area (Å²) in [6.07, 6.45) is 9.22. The highest BCUT2D eigenvalue weighted by atomic mass is 32.2. The maximum absolute atomic E-state index is 12.3. The van der Waals surface area contributed by atoms with Gasteiger partial charge in [-0.3, -0.25) is 9.10 Å². The van der Waals surface area contributed by atoms with E-state index in [-0.39, 0.29) is 23.9 Å². The third kappa shape index (κ3) is 3.80. The van der Waals surface area contributed by atoms with Gasteiger partial charge in [-0.25, -0.2) is 8.42 Å². The summed E-state index contributed by atoms with van der Waals surface area (Å²) >= 11 is 0. The molecule has 0 heterocycles. The van der Waals surface area contributed by atoms with E-state index in [1.165, 1.54) is 48.4 Å². The smallest absolute Gasteiger partial charge is 0.240 e. The Morgan fingerprint density at radius 2 is 1.57 bits per heavy atom. The number of carbonyl (C=O) groups excluding carboxylic acids is 1. The third-order valence-corrected chi connectivity index (χ3v) is 8.08. The van der Waals surface area contributed by atoms with Crippen LogP contribution in [0.3, 0.4) is 0 Å². The average Bonchev–Trinajstić information content (AvgIpc) is 2.57. The molecule has 4 aliphatic rings. The van der Waals surface area contributed by atoms with Crippen molar-refractivity contribution in [2.75, 3.05) is 17.1 Å². The van der Waals surface area contributed by atoms with Gasteiger partial charge in [-0.05, 0) is 93.2 Å². The lowest BCUT2D eigenvalue weighted by Gasteiger charge is -2.57. The van der Waals surface area contributed by atoms with Crippen LogP contribution >= 0.6 is 0 Å². The second-order valence-corrected chi connectivity index (χ2v) is 11.6. The van der Waals surface area contributed by atoms with E-state index >= 15 is 0 Å². The standard InChI is InChI=1S/C22H32N2O3S/c1-15(2)23-21(25)14-24(28(3,26)27)20-6-4-19(5-7-20)22-11-16-8-17(12-22)10-18(9-16)13-22/h4-7,15-18H,8-14H2,1-3H3,(H,23,25). The summed E-state index contributed by atoms with van der Waals surface area (Å²) in [5.74, 6) is 2.33. The molecule has 4 aliphatic carbocycles. The Bertz CT molecular complexity index is 810. The maximum Gasteiger partial charge on any atom is 0.240 e. The molecule has 1 aromatic carbocycles. The molecule has 0 radical (unpaired) electrons. The fraction of sp³-hybridized carbons (Fsp3) is 0.682. The topological polar surface area (TPSA) is 66.5 Å². The first-order valence-corrected chi connectivity index (χ1v) is 12.4. The molecule has 0 saturated heterocycles. The van der Waals surface area contributed by atoms with Crippen LogP contribution in [0.4, 0.5) is 5.69 Å². The molecule has 4 saturated carbocycles. The Kier molecular flexibility index (Phi) is 4.97. The lowest BCUT2D eigenvalue weighted by molar-refractivity contribution is -0.120. The van der Waals surface area contributed by atoms with Crippen LogP contribution in [-0.2, 0) is 20.2 Å². The number of hydrogen-bond acceptors (Lipinski definition) is 3. The van der Waals surface area contributed by atoms with Gasteiger partial charge in [-0.15, -0.1) is 0 Å². The molecule has 5 rings (SSSR count). The van der Waals surface area contributed by atoms with Crippen molar-refractivity contribution in [1.82, 2.24) is 5.32 Å². The van der Waals surface area contributed by atoms with E-state index in [2.05, 4.69) is 17.4 Å². The van der Waals surface area contributed by atoms with Crippen molar-refractivity contribution in [1.29, 1.82) is 0 Å². The zero-order valence-corrected chi connectivity index (χ0v) is 18.0. The van der Waals surface area contributed by atoms with Gasteiger partial charge in [0.05, 0.1) is 11.9 Å². The predicted octanol–water partition coefficient (Wildman–Crippen LogP) is 3.45. The van der Waals surface area contributed by atoms with Crippen LogP contribution in [0.25, 0.3) is 0 Å². The lowest BCUT2D eigenvalue weighted by atomic mass is 9.48. The number of rotatable bonds is 6. The summed E-state index contributed by atoms with van der Waals surface area (Å²) in [6, 6.07) is 7.98. The van der Waals surface area contributed by atoms with Crippen molar-refractivity contribution < 1.29 is 13.2 Å². The molecule has 0 aromatic heterocycles. The van der Waals surface area contributed by atoms with E-state index in [9.17, 15) is 13.2 Å². The number of amides is 1. The fourth-order valence-corrected chi connectivity index (χ4v) is 7.20. The second-order valence-electron chi connectivity index (χ2n) is 9.74. The monoisotopic (exact) mass is 404 g/mol. The summed E-state index contributed by atoms with van der Waals surface area (Å²) in [6.45, 7) is 3.54. The van der Waals surface area contributed by atoms with Gasteiger partial charge in [-0.2, -0.15) is 0 Å². The number of benzene rings is 1. The number of nitrogens with one attached hydrogen (secondary N) is 1. The summed E-state index contributed by atoms with van der Waals surface area (Å²) in [5.41, 5.74) is 2.21. The van der Waals surface area contributed by atoms with Crippen LogP contribution in [0.15, 0.2) is 24.3 Å². The van der Waals surface area contributed by atoms with Crippen molar-refractivity contribution in [3.8, 4) is 0 Å². The molecule has 154 valence electrons. The van der Waals surface area contributed by atoms with Crippen molar-refractivity contribution in [3.63, 3.8) is 0 Å². The van der Waals surface area contributed by atoms with Crippen molar-refractivity contribution in [2.45, 2.75) is 63.8 Å². The van der Waals surface area contributed by atoms with E-state index in [1.807, 2.05) is 26.0 Å². The van der Waals surface area contributed by atoms with Crippen LogP contribution < -0.4 is 9.62 Å². The maximum atomic E-state index is 12.3. The molecule has 1 amide bonds. The number of hydrogen-bond donors (Lipinski definition) is 1. The normalized spacial score (nSPS) is 31.2. The van der Waals surface area contributed by atoms with Gasteiger partial charge in [-0.1, -0.05) is 12.1 Å². The Hall–Kier alpha value is -1.56. The molecule has 0 atom stereocenters. The van der Waals surface area contributed by atoms with Crippen molar-refractivity contribution in [3.05, 3.63) is 29.8 Å². The first-order chi connectivity index (χ1) is 13.1. The van der Waals surface area contributed by atoms with Gasteiger partial charge in [0.15, 0.2) is 0 Å². The van der Waals surface area contributed by atoms with Gasteiger partial charge in [0.1, 0.15) is 6.54 Å². The number of anilines is 1. The Morgan fingerprint density at radius 1 is 1.07 bits per heavy atom. The second kappa shape index (κ2) is 7.05. The summed E-state index contributed by atoms with van der Waals surface area (Å²) in [7, 11) is -3.53. The van der Waals surface area contributed by atoms with Crippen LogP contribution in [0.1, 0.15) is 57.9 Å². The Labute approximate surface area is 168 Å². The predicted molar refractivity (Wildman–Crippen MR) is 112 cm³/mol. The molecule has 0 spiro atoms. The molecule has 28 heavy (non-hydrogen) atoms. The minimum atomic E-state index is -3.53. The van der Waals surface area contributed by atoms with Crippen LogP contribution in [-0.4, -0.2) is 33.2 Å². The van der Waals surface area contributed by atoms with Crippen molar-refractivity contribution >= 4 is 21.6 Å². The van der Waals surface area contributed by atoms with Gasteiger partial charge < -0.3 is 5.32 Å². The van der Waals surface area contributed by atoms with Crippen LogP contribution in [0.5, 0.6) is 0 Å². The molecule has 5 nitrogen and oxygen atoms in total. The quantitative estimate of drug-likeness (QED) is 0.790. The number of sulfonamides is 1. The first-order valence-electron chi connectivity index (χ1n) is 10.5. The lowest BCUT2D eigenvalue weighted by Crippen LogP contribution is -2.48. The van der Waals surface area contributed by atoms with E-state index in [1.54, 1.807) is 0 Å². The minimum absolute atomic E-state index is 0.0210. The Morgan fingerprint density at radius 3 is 2.00 bits per heavy atom. The highest BCUT2D eigenvalue weighted by molar-refractivity contribution is 7.92. The van der Waals surface area contributed by atoms with Crippen LogP contribution in [0.2, 0.25) is 0 Å². The van der Waals surface area contributed by atoms with E-state index in [0.717, 1.165) is 24.0 Å². The largest absolute Gasteiger partial charge is 0.352 e. The SMILES string of the molecule is CC(C)NC(=O)CN(c1ccc(C23CC4CC(CC(C4)C2)C3)cc1)S(C)(=O)=O. The molecule has 1 N–H and O–H groups in total. The molecule has 1 aromatic rings. The van der Waals surface area contributed by atoms with Gasteiger partial charge in [0.25, 0.3) is 0 Å².